The van der Waals surface area contributed by atoms with Gasteiger partial charge in [0.05, 0.1) is 12.0 Å². The maximum absolute atomic E-state index is 13.2. The maximum Gasteiger partial charge on any atom is 0.139 e. The van der Waals surface area contributed by atoms with Crippen molar-refractivity contribution in [2.24, 2.45) is 5.92 Å². The highest BCUT2D eigenvalue weighted by atomic mass is 16.1. The lowest BCUT2D eigenvalue weighted by Gasteiger charge is -2.35. The molecule has 0 bridgehead atoms. The average molecular weight is 460 g/mol. The van der Waals surface area contributed by atoms with E-state index in [4.69, 9.17) is 0 Å². The van der Waals surface area contributed by atoms with E-state index >= 15 is 0 Å². The number of fused-ring (bicyclic) bond motifs is 1. The molecule has 0 radical (unpaired) electrons. The molecule has 0 aromatic heterocycles. The largest absolute Gasteiger partial charge is 0.336 e. The van der Waals surface area contributed by atoms with Gasteiger partial charge in [-0.3, -0.25) is 4.79 Å². The molecule has 3 aromatic carbocycles. The molecule has 176 valence electrons. The number of benzene rings is 3. The fraction of sp³-hybridized carbons (Fsp3) is 0.242. The Morgan fingerprint density at radius 1 is 0.886 bits per heavy atom. The Balaban J connectivity index is 1.68. The van der Waals surface area contributed by atoms with Crippen LogP contribution in [0.2, 0.25) is 0 Å². The highest BCUT2D eigenvalue weighted by Gasteiger charge is 2.50. The van der Waals surface area contributed by atoms with Crippen LogP contribution in [-0.2, 0) is 11.2 Å². The molecule has 3 aromatic rings. The number of hydrogen-bond donors (Lipinski definition) is 0. The minimum atomic E-state index is -0.222. The Bertz CT molecular complexity index is 1340. The zero-order valence-electron chi connectivity index (χ0n) is 21.1. The summed E-state index contributed by atoms with van der Waals surface area (Å²) in [4.78, 5) is 15.5. The minimum absolute atomic E-state index is 0.00790. The topological polar surface area (TPSA) is 20.3 Å². The van der Waals surface area contributed by atoms with Gasteiger partial charge in [0.15, 0.2) is 0 Å². The van der Waals surface area contributed by atoms with Crippen LogP contribution in [0, 0.1) is 19.8 Å². The average Bonchev–Trinajstić information content (AvgIpc) is 3.21. The Labute approximate surface area is 209 Å². The van der Waals surface area contributed by atoms with Crippen molar-refractivity contribution in [1.82, 2.24) is 4.90 Å². The molecule has 1 unspecified atom stereocenters. The summed E-state index contributed by atoms with van der Waals surface area (Å²) in [7, 11) is 0. The number of carbonyl (C=O) groups excluding carboxylic acids is 1. The Hall–Kier alpha value is -3.65. The van der Waals surface area contributed by atoms with Gasteiger partial charge in [0, 0.05) is 22.9 Å². The summed E-state index contributed by atoms with van der Waals surface area (Å²) in [6.07, 6.45) is 5.30. The summed E-state index contributed by atoms with van der Waals surface area (Å²) in [5.41, 5.74) is 10.5. The van der Waals surface area contributed by atoms with E-state index in [9.17, 15) is 4.79 Å². The molecule has 0 aliphatic carbocycles. The van der Waals surface area contributed by atoms with Gasteiger partial charge in [-0.1, -0.05) is 104 Å². The van der Waals surface area contributed by atoms with Crippen molar-refractivity contribution in [1.29, 1.82) is 0 Å². The van der Waals surface area contributed by atoms with Gasteiger partial charge in [-0.05, 0) is 55.5 Å². The van der Waals surface area contributed by atoms with Gasteiger partial charge in [-0.15, -0.1) is 0 Å². The summed E-state index contributed by atoms with van der Waals surface area (Å²) in [6, 6.07) is 26.1. The van der Waals surface area contributed by atoms with E-state index in [0.717, 1.165) is 23.4 Å². The van der Waals surface area contributed by atoms with Crippen molar-refractivity contribution in [3.8, 4) is 0 Å². The van der Waals surface area contributed by atoms with Crippen molar-refractivity contribution in [2.45, 2.75) is 46.1 Å². The zero-order valence-corrected chi connectivity index (χ0v) is 21.1. The minimum Gasteiger partial charge on any atom is -0.336 e. The van der Waals surface area contributed by atoms with Gasteiger partial charge in [0.2, 0.25) is 0 Å². The van der Waals surface area contributed by atoms with Crippen molar-refractivity contribution >= 4 is 11.4 Å². The van der Waals surface area contributed by atoms with Gasteiger partial charge in [0.1, 0.15) is 5.78 Å². The summed E-state index contributed by atoms with van der Waals surface area (Å²) in [5, 5.41) is 0. The van der Waals surface area contributed by atoms with Crippen molar-refractivity contribution in [3.63, 3.8) is 0 Å². The smallest absolute Gasteiger partial charge is 0.139 e. The Morgan fingerprint density at radius 3 is 2.11 bits per heavy atom. The van der Waals surface area contributed by atoms with Gasteiger partial charge >= 0.3 is 0 Å². The van der Waals surface area contributed by atoms with Crippen LogP contribution in [0.5, 0.6) is 0 Å². The predicted octanol–water partition coefficient (Wildman–Crippen LogP) is 7.71. The molecule has 2 nitrogen and oxygen atoms in total. The molecule has 3 atom stereocenters. The molecule has 5 rings (SSSR count). The van der Waals surface area contributed by atoms with Gasteiger partial charge in [-0.25, -0.2) is 0 Å². The second-order valence-electron chi connectivity index (χ2n) is 9.92. The number of rotatable bonds is 5. The van der Waals surface area contributed by atoms with Gasteiger partial charge < -0.3 is 4.90 Å². The van der Waals surface area contributed by atoms with Crippen LogP contribution in [0.1, 0.15) is 59.2 Å². The zero-order chi connectivity index (χ0) is 24.7. The number of aryl methyl sites for hydroxylation is 3. The third kappa shape index (κ3) is 4.08. The lowest BCUT2D eigenvalue weighted by atomic mass is 9.79. The fourth-order valence-corrected chi connectivity index (χ4v) is 5.71. The molecule has 0 amide bonds. The first-order chi connectivity index (χ1) is 16.9. The maximum atomic E-state index is 13.2. The van der Waals surface area contributed by atoms with E-state index < -0.39 is 0 Å². The van der Waals surface area contributed by atoms with Crippen LogP contribution >= 0.6 is 0 Å². The number of Topliss-reactive ketones (excluding diaryl/α,β-unsaturated/α-hetero) is 1. The van der Waals surface area contributed by atoms with Crippen LogP contribution in [0.3, 0.4) is 0 Å². The van der Waals surface area contributed by atoms with E-state index in [1.165, 1.54) is 33.4 Å². The van der Waals surface area contributed by atoms with Gasteiger partial charge in [0.25, 0.3) is 0 Å². The van der Waals surface area contributed by atoms with Crippen LogP contribution < -0.4 is 0 Å². The number of ketones is 1. The van der Waals surface area contributed by atoms with Crippen LogP contribution in [0.15, 0.2) is 103 Å². The molecule has 2 heterocycles. The highest BCUT2D eigenvalue weighted by Crippen LogP contribution is 2.56. The molecule has 0 spiro atoms. The third-order valence-electron chi connectivity index (χ3n) is 7.56. The van der Waals surface area contributed by atoms with Crippen molar-refractivity contribution < 1.29 is 4.79 Å². The van der Waals surface area contributed by atoms with E-state index in [1.54, 1.807) is 6.92 Å². The molecule has 1 fully saturated rings. The van der Waals surface area contributed by atoms with Crippen LogP contribution in [-0.4, -0.2) is 10.7 Å². The summed E-state index contributed by atoms with van der Waals surface area (Å²) in [6.45, 7) is 12.7. The number of carbonyl (C=O) groups is 1. The second-order valence-corrected chi connectivity index (χ2v) is 9.92. The van der Waals surface area contributed by atoms with Crippen molar-refractivity contribution in [2.75, 3.05) is 0 Å². The molecular weight excluding hydrogens is 426 g/mol. The molecule has 2 aliphatic rings. The van der Waals surface area contributed by atoms with E-state index in [0.29, 0.717) is 0 Å². The lowest BCUT2D eigenvalue weighted by molar-refractivity contribution is -0.120. The standard InChI is InChI=1S/C33H33NO/c1-6-25-8-7-9-28(20-25)29-18-19-30-31(24(5)35)32(26-14-10-21(2)11-15-26)33(34(30)23(29)4)27-16-12-22(3)13-17-27/h7-20,31-33H,4,6H2,1-3,5H3/t31?,32-,33-/m0/s1. The fourth-order valence-electron chi connectivity index (χ4n) is 5.71. The second kappa shape index (κ2) is 9.19. The van der Waals surface area contributed by atoms with Gasteiger partial charge in [-0.2, -0.15) is 0 Å². The van der Waals surface area contributed by atoms with E-state index in [-0.39, 0.29) is 23.7 Å². The first-order valence-corrected chi connectivity index (χ1v) is 12.5. The molecule has 2 aliphatic heterocycles. The number of hydrogen-bond acceptors (Lipinski definition) is 2. The summed E-state index contributed by atoms with van der Waals surface area (Å²) >= 11 is 0. The molecule has 35 heavy (non-hydrogen) atoms. The third-order valence-corrected chi connectivity index (χ3v) is 7.56. The Kier molecular flexibility index (Phi) is 6.06. The Morgan fingerprint density at radius 2 is 1.51 bits per heavy atom. The first-order valence-electron chi connectivity index (χ1n) is 12.5. The molecule has 0 saturated carbocycles. The summed E-state index contributed by atoms with van der Waals surface area (Å²) < 4.78 is 0. The molecule has 2 heteroatoms. The number of nitrogens with zero attached hydrogens (tertiary/aromatic N) is 1. The lowest BCUT2D eigenvalue weighted by Crippen LogP contribution is -2.25. The molecular formula is C33H33NO. The predicted molar refractivity (Wildman–Crippen MR) is 145 cm³/mol. The van der Waals surface area contributed by atoms with E-state index in [1.807, 2.05) is 0 Å². The quantitative estimate of drug-likeness (QED) is 0.389. The number of allylic oxidation sites excluding steroid dienone is 4. The SMILES string of the molecule is C=C1C(c2cccc(CC)c2)=CC=C2C(C(C)=O)[C@H](c3ccc(C)cc3)[C@H](c3ccc(C)cc3)N12. The monoisotopic (exact) mass is 459 g/mol. The summed E-state index contributed by atoms with van der Waals surface area (Å²) in [5.74, 6) is -0.0202. The van der Waals surface area contributed by atoms with Crippen molar-refractivity contribution in [3.05, 3.63) is 136 Å². The molecule has 1 saturated heterocycles. The normalized spacial score (nSPS) is 21.4. The first kappa shape index (κ1) is 23.1. The molecule has 0 N–H and O–H groups in total. The van der Waals surface area contributed by atoms with E-state index in [2.05, 4.69) is 117 Å². The highest BCUT2D eigenvalue weighted by molar-refractivity contribution is 5.87. The van der Waals surface area contributed by atoms with Crippen LogP contribution in [0.4, 0.5) is 0 Å². The van der Waals surface area contributed by atoms with Crippen LogP contribution in [0.25, 0.3) is 5.57 Å².